The van der Waals surface area contributed by atoms with Gasteiger partial charge in [0.15, 0.2) is 0 Å². The molecule has 0 saturated heterocycles. The second-order valence-electron chi connectivity index (χ2n) is 4.00. The van der Waals surface area contributed by atoms with Crippen LogP contribution in [0, 0.1) is 6.92 Å². The van der Waals surface area contributed by atoms with Crippen molar-refractivity contribution in [2.45, 2.75) is 11.8 Å². The first kappa shape index (κ1) is 14.4. The minimum Gasteiger partial charge on any atom is -0.278 e. The molecule has 0 fully saturated rings. The molecule has 19 heavy (non-hydrogen) atoms. The molecule has 0 heterocycles. The maximum absolute atomic E-state index is 12.2. The number of hydrogen-bond acceptors (Lipinski definition) is 2. The zero-order valence-corrected chi connectivity index (χ0v) is 13.2. The summed E-state index contributed by atoms with van der Waals surface area (Å²) in [5.41, 5.74) is 1.46. The molecule has 0 aliphatic rings. The Labute approximate surface area is 125 Å². The fourth-order valence-electron chi connectivity index (χ4n) is 1.54. The van der Waals surface area contributed by atoms with E-state index in [1.807, 2.05) is 13.0 Å². The molecule has 2 aromatic rings. The van der Waals surface area contributed by atoms with E-state index in [2.05, 4.69) is 20.7 Å². The highest BCUT2D eigenvalue weighted by molar-refractivity contribution is 9.10. The van der Waals surface area contributed by atoms with Crippen LogP contribution in [-0.2, 0) is 10.0 Å². The van der Waals surface area contributed by atoms with Crippen molar-refractivity contribution in [3.63, 3.8) is 0 Å². The highest BCUT2D eigenvalue weighted by atomic mass is 79.9. The van der Waals surface area contributed by atoms with Crippen molar-refractivity contribution < 1.29 is 8.42 Å². The fraction of sp³-hybridized carbons (Fsp3) is 0.0769. The summed E-state index contributed by atoms with van der Waals surface area (Å²) < 4.78 is 27.7. The van der Waals surface area contributed by atoms with E-state index in [9.17, 15) is 8.42 Å². The van der Waals surface area contributed by atoms with Gasteiger partial charge in [-0.05, 0) is 58.7 Å². The maximum Gasteiger partial charge on any atom is 0.261 e. The van der Waals surface area contributed by atoms with Gasteiger partial charge in [-0.25, -0.2) is 8.42 Å². The molecule has 0 radical (unpaired) electrons. The zero-order chi connectivity index (χ0) is 14.0. The molecule has 0 spiro atoms. The van der Waals surface area contributed by atoms with E-state index in [1.54, 1.807) is 24.3 Å². The van der Waals surface area contributed by atoms with Gasteiger partial charge in [0.1, 0.15) is 0 Å². The Hall–Kier alpha value is -1.04. The third-order valence-electron chi connectivity index (χ3n) is 2.56. The van der Waals surface area contributed by atoms with Crippen molar-refractivity contribution >= 4 is 43.2 Å². The SMILES string of the molecule is Cc1cccc(NS(=O)(=O)c2ccc(Cl)cc2)c1Br. The van der Waals surface area contributed by atoms with E-state index in [-0.39, 0.29) is 4.90 Å². The van der Waals surface area contributed by atoms with Gasteiger partial charge in [-0.2, -0.15) is 0 Å². The summed E-state index contributed by atoms with van der Waals surface area (Å²) in [5, 5.41) is 0.496. The van der Waals surface area contributed by atoms with Gasteiger partial charge in [-0.3, -0.25) is 4.72 Å². The van der Waals surface area contributed by atoms with Crippen LogP contribution in [0.5, 0.6) is 0 Å². The minimum atomic E-state index is -3.61. The summed E-state index contributed by atoms with van der Waals surface area (Å²) in [4.78, 5) is 0.172. The van der Waals surface area contributed by atoms with Crippen molar-refractivity contribution in [1.29, 1.82) is 0 Å². The summed E-state index contributed by atoms with van der Waals surface area (Å²) in [6.45, 7) is 1.89. The van der Waals surface area contributed by atoms with Crippen LogP contribution in [0.3, 0.4) is 0 Å². The molecular weight excluding hydrogens is 350 g/mol. The summed E-state index contributed by atoms with van der Waals surface area (Å²) >= 11 is 9.11. The Morgan fingerprint density at radius 1 is 1.11 bits per heavy atom. The van der Waals surface area contributed by atoms with Crippen molar-refractivity contribution in [1.82, 2.24) is 0 Å². The average Bonchev–Trinajstić information content (AvgIpc) is 2.35. The summed E-state index contributed by atoms with van der Waals surface area (Å²) in [7, 11) is -3.61. The molecule has 6 heteroatoms. The Kier molecular flexibility index (Phi) is 4.18. The third-order valence-corrected chi connectivity index (χ3v) is 5.25. The molecule has 100 valence electrons. The van der Waals surface area contributed by atoms with E-state index < -0.39 is 10.0 Å². The van der Waals surface area contributed by atoms with Gasteiger partial charge in [-0.1, -0.05) is 23.7 Å². The molecule has 0 unspecified atom stereocenters. The lowest BCUT2D eigenvalue weighted by molar-refractivity contribution is 0.601. The number of benzene rings is 2. The van der Waals surface area contributed by atoms with Gasteiger partial charge in [0.25, 0.3) is 10.0 Å². The fourth-order valence-corrected chi connectivity index (χ4v) is 3.24. The van der Waals surface area contributed by atoms with Crippen LogP contribution >= 0.6 is 27.5 Å². The largest absolute Gasteiger partial charge is 0.278 e. The highest BCUT2D eigenvalue weighted by Crippen LogP contribution is 2.28. The Bertz CT molecular complexity index is 699. The Morgan fingerprint density at radius 2 is 1.74 bits per heavy atom. The van der Waals surface area contributed by atoms with E-state index >= 15 is 0 Å². The number of aryl methyl sites for hydroxylation is 1. The molecule has 2 aromatic carbocycles. The predicted octanol–water partition coefficient (Wildman–Crippen LogP) is 4.21. The van der Waals surface area contributed by atoms with Crippen LogP contribution in [0.2, 0.25) is 5.02 Å². The quantitative estimate of drug-likeness (QED) is 0.891. The number of sulfonamides is 1. The van der Waals surface area contributed by atoms with Crippen LogP contribution < -0.4 is 4.72 Å². The van der Waals surface area contributed by atoms with Crippen LogP contribution in [0.15, 0.2) is 51.8 Å². The number of anilines is 1. The number of halogens is 2. The van der Waals surface area contributed by atoms with Crippen LogP contribution in [0.1, 0.15) is 5.56 Å². The molecule has 3 nitrogen and oxygen atoms in total. The van der Waals surface area contributed by atoms with Gasteiger partial charge in [0, 0.05) is 9.50 Å². The molecule has 1 N–H and O–H groups in total. The molecule has 2 rings (SSSR count). The highest BCUT2D eigenvalue weighted by Gasteiger charge is 2.15. The molecule has 0 saturated carbocycles. The van der Waals surface area contributed by atoms with Crippen molar-refractivity contribution in [3.05, 3.63) is 57.5 Å². The lowest BCUT2D eigenvalue weighted by atomic mass is 10.2. The van der Waals surface area contributed by atoms with Gasteiger partial charge in [0.05, 0.1) is 10.6 Å². The van der Waals surface area contributed by atoms with Crippen LogP contribution in [0.4, 0.5) is 5.69 Å². The molecule has 0 aromatic heterocycles. The monoisotopic (exact) mass is 359 g/mol. The molecule has 0 amide bonds. The van der Waals surface area contributed by atoms with Gasteiger partial charge >= 0.3 is 0 Å². The second kappa shape index (κ2) is 5.53. The molecule has 0 atom stereocenters. The molecule has 0 aliphatic carbocycles. The lowest BCUT2D eigenvalue weighted by Crippen LogP contribution is -2.13. The lowest BCUT2D eigenvalue weighted by Gasteiger charge is -2.11. The molecule has 0 aliphatic heterocycles. The van der Waals surface area contributed by atoms with Crippen LogP contribution in [-0.4, -0.2) is 8.42 Å². The minimum absolute atomic E-state index is 0.172. The average molecular weight is 361 g/mol. The third kappa shape index (κ3) is 3.29. The summed E-state index contributed by atoms with van der Waals surface area (Å²) in [6, 6.07) is 11.4. The Morgan fingerprint density at radius 3 is 2.37 bits per heavy atom. The van der Waals surface area contributed by atoms with E-state index in [4.69, 9.17) is 11.6 Å². The van der Waals surface area contributed by atoms with Crippen molar-refractivity contribution in [3.8, 4) is 0 Å². The molecular formula is C13H11BrClNO2S. The first-order valence-corrected chi connectivity index (χ1v) is 8.09. The van der Waals surface area contributed by atoms with Crippen molar-refractivity contribution in [2.75, 3.05) is 4.72 Å². The smallest absolute Gasteiger partial charge is 0.261 e. The summed E-state index contributed by atoms with van der Waals surface area (Å²) in [5.74, 6) is 0. The van der Waals surface area contributed by atoms with Crippen molar-refractivity contribution in [2.24, 2.45) is 0 Å². The van der Waals surface area contributed by atoms with E-state index in [1.165, 1.54) is 12.1 Å². The van der Waals surface area contributed by atoms with E-state index in [0.717, 1.165) is 10.0 Å². The standard InChI is InChI=1S/C13H11BrClNO2S/c1-9-3-2-4-12(13(9)14)16-19(17,18)11-7-5-10(15)6-8-11/h2-8,16H,1H3. The normalized spacial score (nSPS) is 11.3. The summed E-state index contributed by atoms with van der Waals surface area (Å²) in [6.07, 6.45) is 0. The topological polar surface area (TPSA) is 46.2 Å². The van der Waals surface area contributed by atoms with Gasteiger partial charge in [0.2, 0.25) is 0 Å². The predicted molar refractivity (Wildman–Crippen MR) is 81.1 cm³/mol. The van der Waals surface area contributed by atoms with Gasteiger partial charge in [-0.15, -0.1) is 0 Å². The number of nitrogens with one attached hydrogen (secondary N) is 1. The Balaban J connectivity index is 2.36. The van der Waals surface area contributed by atoms with E-state index in [0.29, 0.717) is 10.7 Å². The first-order valence-electron chi connectivity index (χ1n) is 5.43. The zero-order valence-electron chi connectivity index (χ0n) is 10.0. The van der Waals surface area contributed by atoms with Crippen LogP contribution in [0.25, 0.3) is 0 Å². The first-order chi connectivity index (χ1) is 8.90. The number of rotatable bonds is 3. The second-order valence-corrected chi connectivity index (χ2v) is 6.91. The molecule has 0 bridgehead atoms. The number of hydrogen-bond donors (Lipinski definition) is 1. The maximum atomic E-state index is 12.2. The van der Waals surface area contributed by atoms with Gasteiger partial charge < -0.3 is 0 Å².